The number of benzene rings is 1. The standard InChI is InChI=1S/C14H19N2O3P/c1-4-15-13-10-9-11-7-5-6-8-12(11)14(16-13)20(17,18-2)19-3/h5-10,14H,4H2,1-3H3,(H,15,16). The van der Waals surface area contributed by atoms with Gasteiger partial charge in [-0.05, 0) is 24.1 Å². The molecule has 1 aromatic carbocycles. The molecule has 0 bridgehead atoms. The fraction of sp³-hybridized carbons (Fsp3) is 0.357. The molecule has 0 fully saturated rings. The predicted molar refractivity (Wildman–Crippen MR) is 81.0 cm³/mol. The molecule has 0 spiro atoms. The normalized spacial score (nSPS) is 20.4. The minimum absolute atomic E-state index is 0.575. The number of hydrogen-bond donors (Lipinski definition) is 1. The van der Waals surface area contributed by atoms with Gasteiger partial charge in [0.1, 0.15) is 5.84 Å². The SMILES string of the molecule is CCN=C1C=Cc2ccccc2C(P(=O)(OC)OC)N1. The number of nitrogens with zero attached hydrogens (tertiary/aromatic N) is 1. The molecule has 5 nitrogen and oxygen atoms in total. The molecule has 6 heteroatoms. The first-order chi connectivity index (χ1) is 9.64. The maximum Gasteiger partial charge on any atom is 0.356 e. The molecule has 1 aromatic rings. The highest BCUT2D eigenvalue weighted by molar-refractivity contribution is 7.54. The minimum Gasteiger partial charge on any atom is -0.353 e. The summed E-state index contributed by atoms with van der Waals surface area (Å²) in [4.78, 5) is 4.35. The third kappa shape index (κ3) is 2.85. The molecule has 0 aliphatic carbocycles. The predicted octanol–water partition coefficient (Wildman–Crippen LogP) is 3.21. The van der Waals surface area contributed by atoms with Crippen LogP contribution in [0.25, 0.3) is 6.08 Å². The average Bonchev–Trinajstić information content (AvgIpc) is 2.67. The summed E-state index contributed by atoms with van der Waals surface area (Å²) in [5, 5.41) is 3.17. The Bertz CT molecular complexity index is 576. The summed E-state index contributed by atoms with van der Waals surface area (Å²) in [6.45, 7) is 2.59. The number of rotatable bonds is 4. The number of nitrogens with one attached hydrogen (secondary N) is 1. The van der Waals surface area contributed by atoms with Gasteiger partial charge in [0.05, 0.1) is 0 Å². The monoisotopic (exact) mass is 294 g/mol. The van der Waals surface area contributed by atoms with E-state index in [4.69, 9.17) is 9.05 Å². The van der Waals surface area contributed by atoms with Crippen LogP contribution in [0.4, 0.5) is 0 Å². The van der Waals surface area contributed by atoms with Gasteiger partial charge >= 0.3 is 7.60 Å². The molecule has 1 aliphatic heterocycles. The van der Waals surface area contributed by atoms with Crippen molar-refractivity contribution in [3.05, 3.63) is 41.5 Å². The summed E-state index contributed by atoms with van der Waals surface area (Å²) in [6.07, 6.45) is 3.82. The number of amidine groups is 1. The zero-order valence-corrected chi connectivity index (χ0v) is 12.8. The zero-order valence-electron chi connectivity index (χ0n) is 11.9. The Labute approximate surface area is 119 Å². The molecule has 2 rings (SSSR count). The van der Waals surface area contributed by atoms with E-state index in [1.165, 1.54) is 14.2 Å². The van der Waals surface area contributed by atoms with Crippen LogP contribution in [0.3, 0.4) is 0 Å². The third-order valence-electron chi connectivity index (χ3n) is 3.15. The van der Waals surface area contributed by atoms with Gasteiger partial charge in [-0.15, -0.1) is 0 Å². The Balaban J connectivity index is 2.54. The smallest absolute Gasteiger partial charge is 0.353 e. The molecule has 108 valence electrons. The van der Waals surface area contributed by atoms with E-state index in [1.807, 2.05) is 43.3 Å². The topological polar surface area (TPSA) is 59.9 Å². The van der Waals surface area contributed by atoms with Crippen molar-refractivity contribution in [1.29, 1.82) is 0 Å². The van der Waals surface area contributed by atoms with Crippen LogP contribution in [0.2, 0.25) is 0 Å². The van der Waals surface area contributed by atoms with Crippen LogP contribution in [0.1, 0.15) is 23.8 Å². The summed E-state index contributed by atoms with van der Waals surface area (Å²) < 4.78 is 23.1. The van der Waals surface area contributed by atoms with Crippen LogP contribution >= 0.6 is 7.60 Å². The van der Waals surface area contributed by atoms with E-state index < -0.39 is 13.4 Å². The summed E-state index contributed by atoms with van der Waals surface area (Å²) in [7, 11) is -0.525. The van der Waals surface area contributed by atoms with Gasteiger partial charge in [-0.3, -0.25) is 9.56 Å². The second kappa shape index (κ2) is 6.35. The van der Waals surface area contributed by atoms with E-state index in [0.29, 0.717) is 12.4 Å². The number of aliphatic imine (C=N–C) groups is 1. The van der Waals surface area contributed by atoms with Crippen molar-refractivity contribution in [3.63, 3.8) is 0 Å². The largest absolute Gasteiger partial charge is 0.356 e. The molecule has 0 aromatic heterocycles. The first-order valence-corrected chi connectivity index (χ1v) is 8.05. The summed E-state index contributed by atoms with van der Waals surface area (Å²) in [6, 6.07) is 7.72. The average molecular weight is 294 g/mol. The van der Waals surface area contributed by atoms with E-state index in [9.17, 15) is 4.57 Å². The molecule has 1 atom stereocenters. The molecule has 1 heterocycles. The zero-order chi connectivity index (χ0) is 14.6. The van der Waals surface area contributed by atoms with Crippen LogP contribution in [0.15, 0.2) is 35.3 Å². The number of fused-ring (bicyclic) bond motifs is 1. The Kier molecular flexibility index (Phi) is 4.76. The lowest BCUT2D eigenvalue weighted by Gasteiger charge is -2.26. The Morgan fingerprint density at radius 3 is 2.60 bits per heavy atom. The van der Waals surface area contributed by atoms with Crippen LogP contribution in [0.5, 0.6) is 0 Å². The van der Waals surface area contributed by atoms with Gasteiger partial charge in [0, 0.05) is 20.8 Å². The van der Waals surface area contributed by atoms with Crippen molar-refractivity contribution < 1.29 is 13.6 Å². The van der Waals surface area contributed by atoms with Crippen LogP contribution in [0, 0.1) is 0 Å². The van der Waals surface area contributed by atoms with Crippen molar-refractivity contribution in [2.24, 2.45) is 4.99 Å². The number of hydrogen-bond acceptors (Lipinski definition) is 4. The van der Waals surface area contributed by atoms with Crippen molar-refractivity contribution >= 4 is 19.5 Å². The van der Waals surface area contributed by atoms with Gasteiger partial charge in [0.2, 0.25) is 0 Å². The van der Waals surface area contributed by atoms with Gasteiger partial charge in [-0.2, -0.15) is 0 Å². The Hall–Kier alpha value is -1.42. The molecule has 20 heavy (non-hydrogen) atoms. The van der Waals surface area contributed by atoms with Crippen LogP contribution in [-0.4, -0.2) is 26.6 Å². The van der Waals surface area contributed by atoms with E-state index in [0.717, 1.165) is 11.1 Å². The fourth-order valence-corrected chi connectivity index (χ4v) is 3.59. The lowest BCUT2D eigenvalue weighted by atomic mass is 10.1. The van der Waals surface area contributed by atoms with Crippen LogP contribution in [-0.2, 0) is 13.6 Å². The van der Waals surface area contributed by atoms with Crippen molar-refractivity contribution in [3.8, 4) is 0 Å². The summed E-state index contributed by atoms with van der Waals surface area (Å²) in [5.74, 6) is 0.0945. The maximum atomic E-state index is 12.8. The molecule has 1 aliphatic rings. The molecule has 0 saturated carbocycles. The lowest BCUT2D eigenvalue weighted by molar-refractivity contribution is 0.263. The van der Waals surface area contributed by atoms with Gasteiger partial charge in [0.25, 0.3) is 0 Å². The Morgan fingerprint density at radius 2 is 1.95 bits per heavy atom. The molecule has 0 amide bonds. The molecule has 0 radical (unpaired) electrons. The van der Waals surface area contributed by atoms with Crippen LogP contribution < -0.4 is 5.32 Å². The highest BCUT2D eigenvalue weighted by Gasteiger charge is 2.37. The molecular formula is C14H19N2O3P. The van der Waals surface area contributed by atoms with Crippen molar-refractivity contribution in [2.45, 2.75) is 12.7 Å². The van der Waals surface area contributed by atoms with Crippen molar-refractivity contribution in [2.75, 3.05) is 20.8 Å². The molecule has 0 saturated heterocycles. The minimum atomic E-state index is -3.31. The van der Waals surface area contributed by atoms with E-state index in [-0.39, 0.29) is 0 Å². The van der Waals surface area contributed by atoms with Gasteiger partial charge in [0.15, 0.2) is 5.78 Å². The third-order valence-corrected chi connectivity index (χ3v) is 5.21. The molecule has 1 unspecified atom stereocenters. The fourth-order valence-electron chi connectivity index (χ4n) is 2.15. The van der Waals surface area contributed by atoms with E-state index >= 15 is 0 Å². The molecule has 1 N–H and O–H groups in total. The first-order valence-electron chi connectivity index (χ1n) is 6.43. The van der Waals surface area contributed by atoms with E-state index in [2.05, 4.69) is 10.3 Å². The van der Waals surface area contributed by atoms with E-state index in [1.54, 1.807) is 0 Å². The van der Waals surface area contributed by atoms with Gasteiger partial charge < -0.3 is 14.4 Å². The first kappa shape index (κ1) is 15.0. The maximum absolute atomic E-state index is 12.8. The second-order valence-electron chi connectivity index (χ2n) is 4.27. The van der Waals surface area contributed by atoms with Crippen molar-refractivity contribution in [1.82, 2.24) is 5.32 Å². The summed E-state index contributed by atoms with van der Waals surface area (Å²) in [5.41, 5.74) is 1.85. The van der Waals surface area contributed by atoms with Gasteiger partial charge in [-0.25, -0.2) is 0 Å². The lowest BCUT2D eigenvalue weighted by Crippen LogP contribution is -2.27. The highest BCUT2D eigenvalue weighted by Crippen LogP contribution is 2.59. The Morgan fingerprint density at radius 1 is 1.25 bits per heavy atom. The second-order valence-corrected chi connectivity index (χ2v) is 6.60. The molecular weight excluding hydrogens is 275 g/mol. The quantitative estimate of drug-likeness (QED) is 0.866. The highest BCUT2D eigenvalue weighted by atomic mass is 31.2. The summed E-state index contributed by atoms with van der Waals surface area (Å²) >= 11 is 0. The van der Waals surface area contributed by atoms with Gasteiger partial charge in [-0.1, -0.05) is 30.3 Å².